The first kappa shape index (κ1) is 17.7. The molecule has 0 saturated carbocycles. The number of rotatable bonds is 0. The van der Waals surface area contributed by atoms with Crippen molar-refractivity contribution in [2.45, 2.75) is 12.8 Å². The van der Waals surface area contributed by atoms with Crippen LogP contribution in [0.1, 0.15) is 12.8 Å². The molecule has 0 bridgehead atoms. The van der Waals surface area contributed by atoms with Crippen molar-refractivity contribution in [1.82, 2.24) is 0 Å². The van der Waals surface area contributed by atoms with E-state index < -0.39 is 10.4 Å². The van der Waals surface area contributed by atoms with Crippen molar-refractivity contribution >= 4 is 10.4 Å². The van der Waals surface area contributed by atoms with Gasteiger partial charge in [0, 0.05) is 0 Å². The Morgan fingerprint density at radius 3 is 1.31 bits per heavy atom. The Morgan fingerprint density at radius 1 is 0.938 bits per heavy atom. The van der Waals surface area contributed by atoms with E-state index in [0.717, 1.165) is 12.8 Å². The minimum absolute atomic E-state index is 0. The summed E-state index contributed by atoms with van der Waals surface area (Å²) < 4.78 is 31.6. The van der Waals surface area contributed by atoms with Crippen LogP contribution in [-0.2, 0) is 27.5 Å². The summed E-state index contributed by atoms with van der Waals surface area (Å²) in [5.74, 6) is 0. The molecule has 90 valence electrons. The second-order valence-corrected chi connectivity index (χ2v) is 3.35. The van der Waals surface area contributed by atoms with E-state index in [1.54, 1.807) is 0 Å². The zero-order chi connectivity index (χ0) is 11.6. The Morgan fingerprint density at radius 2 is 1.25 bits per heavy atom. The van der Waals surface area contributed by atoms with Gasteiger partial charge in [-0.2, -0.15) is 20.6 Å². The first-order valence-corrected chi connectivity index (χ1v) is 5.53. The van der Waals surface area contributed by atoms with Crippen LogP contribution in [0.3, 0.4) is 0 Å². The van der Waals surface area contributed by atoms with Crippen LogP contribution in [-0.4, -0.2) is 17.5 Å². The predicted octanol–water partition coefficient (Wildman–Crippen LogP) is 1.96. The monoisotopic (exact) mass is 284 g/mol. The molecule has 0 heterocycles. The Bertz CT molecular complexity index is 316. The van der Waals surface area contributed by atoms with Gasteiger partial charge >= 0.3 is 27.5 Å². The van der Waals surface area contributed by atoms with Crippen molar-refractivity contribution in [2.75, 3.05) is 0 Å². The van der Waals surface area contributed by atoms with Crippen LogP contribution < -0.4 is 0 Å². The van der Waals surface area contributed by atoms with Crippen molar-refractivity contribution in [1.29, 1.82) is 0 Å². The molecular weight excluding hydrogens is 272 g/mol. The van der Waals surface area contributed by atoms with E-state index >= 15 is 0 Å². The molecule has 0 radical (unpaired) electrons. The van der Waals surface area contributed by atoms with E-state index in [9.17, 15) is 0 Å². The first-order chi connectivity index (χ1) is 7.00. The Labute approximate surface area is 106 Å². The quantitative estimate of drug-likeness (QED) is 0.405. The summed E-state index contributed by atoms with van der Waals surface area (Å²) in [5, 5.41) is 0. The molecule has 6 heteroatoms. The minimum Gasteiger partial charge on any atom is -0.273 e. The van der Waals surface area contributed by atoms with Crippen molar-refractivity contribution in [3.8, 4) is 0 Å². The van der Waals surface area contributed by atoms with Gasteiger partial charge in [-0.25, -0.2) is 24.3 Å². The van der Waals surface area contributed by atoms with E-state index in [4.69, 9.17) is 17.5 Å². The summed E-state index contributed by atoms with van der Waals surface area (Å²) >= 11 is 0. The van der Waals surface area contributed by atoms with Crippen LogP contribution in [0.25, 0.3) is 0 Å². The summed E-state index contributed by atoms with van der Waals surface area (Å²) in [6.07, 6.45) is 20.0. The van der Waals surface area contributed by atoms with E-state index in [1.165, 1.54) is 0 Å². The average Bonchev–Trinajstić information content (AvgIpc) is 2.81. The molecule has 0 amide bonds. The summed E-state index contributed by atoms with van der Waals surface area (Å²) in [4.78, 5) is 0. The molecule has 2 N–H and O–H groups in total. The van der Waals surface area contributed by atoms with Crippen molar-refractivity contribution in [3.63, 3.8) is 0 Å². The normalized spacial score (nSPS) is 14.6. The molecule has 0 aromatic heterocycles. The molecular formula is C10H12FeO4S. The maximum atomic E-state index is 8.74. The van der Waals surface area contributed by atoms with Crippen LogP contribution in [0.2, 0.25) is 0 Å². The molecule has 2 rings (SSSR count). The fraction of sp³-hybridized carbons (Fsp3) is 0.200. The van der Waals surface area contributed by atoms with Gasteiger partial charge in [0.1, 0.15) is 0 Å². The molecule has 0 fully saturated rings. The second-order valence-electron chi connectivity index (χ2n) is 2.45. The summed E-state index contributed by atoms with van der Waals surface area (Å²) in [6, 6.07) is 0. The van der Waals surface area contributed by atoms with Gasteiger partial charge in [-0.1, -0.05) is 0 Å². The van der Waals surface area contributed by atoms with Gasteiger partial charge < -0.3 is 0 Å². The summed E-state index contributed by atoms with van der Waals surface area (Å²) in [6.45, 7) is 0. The molecule has 0 spiro atoms. The summed E-state index contributed by atoms with van der Waals surface area (Å²) in [7, 11) is -4.67. The maximum absolute atomic E-state index is 8.74. The molecule has 0 unspecified atom stereocenters. The van der Waals surface area contributed by atoms with E-state index in [1.807, 2.05) is 24.3 Å². The maximum Gasteiger partial charge on any atom is 2.00 e. The molecule has 2 aliphatic rings. The molecule has 0 aliphatic heterocycles. The van der Waals surface area contributed by atoms with Crippen molar-refractivity contribution < 1.29 is 34.6 Å². The van der Waals surface area contributed by atoms with Gasteiger partial charge in [0.25, 0.3) is 0 Å². The van der Waals surface area contributed by atoms with Crippen LogP contribution in [0.15, 0.2) is 36.5 Å². The molecule has 0 saturated heterocycles. The van der Waals surface area contributed by atoms with Crippen LogP contribution >= 0.6 is 0 Å². The first-order valence-electron chi connectivity index (χ1n) is 4.13. The fourth-order valence-electron chi connectivity index (χ4n) is 0.680. The van der Waals surface area contributed by atoms with E-state index in [0.29, 0.717) is 0 Å². The van der Waals surface area contributed by atoms with Crippen molar-refractivity contribution in [3.05, 3.63) is 48.6 Å². The third-order valence-corrected chi connectivity index (χ3v) is 1.17. The molecule has 0 aromatic rings. The van der Waals surface area contributed by atoms with Crippen molar-refractivity contribution in [2.24, 2.45) is 0 Å². The number of hydrogen-bond acceptors (Lipinski definition) is 2. The second kappa shape index (κ2) is 10.9. The SMILES string of the molecule is O=S(=O)(O)O.[C-]1=CC=CC1.[C-]1=CC=CC1.[Fe+2]. The van der Waals surface area contributed by atoms with Gasteiger partial charge in [0.2, 0.25) is 0 Å². The molecule has 0 aromatic carbocycles. The molecule has 0 atom stereocenters. The fourth-order valence-corrected chi connectivity index (χ4v) is 0.680. The zero-order valence-electron chi connectivity index (χ0n) is 8.35. The smallest absolute Gasteiger partial charge is 0.273 e. The third kappa shape index (κ3) is 23.3. The predicted molar refractivity (Wildman–Crippen MR) is 57.3 cm³/mol. The molecule has 2 aliphatic carbocycles. The van der Waals surface area contributed by atoms with Gasteiger partial charge in [0.05, 0.1) is 0 Å². The van der Waals surface area contributed by atoms with Gasteiger partial charge in [-0.15, -0.1) is 12.8 Å². The molecule has 16 heavy (non-hydrogen) atoms. The van der Waals surface area contributed by atoms with Crippen LogP contribution in [0.4, 0.5) is 0 Å². The standard InChI is InChI=1S/2C5H5.Fe.H2O4S/c2*1-2-4-5-3-1;;1-5(2,3)4/h2*1-3H,4H2;;(H2,1,2,3,4)/q2*-1;+2;. The average molecular weight is 284 g/mol. The van der Waals surface area contributed by atoms with Crippen LogP contribution in [0, 0.1) is 12.2 Å². The van der Waals surface area contributed by atoms with Gasteiger partial charge in [-0.05, 0) is 0 Å². The Balaban J connectivity index is 0. The number of hydrogen-bond donors (Lipinski definition) is 2. The Kier molecular flexibility index (Phi) is 12.0. The topological polar surface area (TPSA) is 74.6 Å². The zero-order valence-corrected chi connectivity index (χ0v) is 10.3. The van der Waals surface area contributed by atoms with Gasteiger partial charge in [-0.3, -0.25) is 21.3 Å². The van der Waals surface area contributed by atoms with E-state index in [2.05, 4.69) is 24.3 Å². The largest absolute Gasteiger partial charge is 2.00 e. The van der Waals surface area contributed by atoms with Crippen LogP contribution in [0.5, 0.6) is 0 Å². The molecule has 4 nitrogen and oxygen atoms in total. The Hall–Kier alpha value is -0.651. The minimum atomic E-state index is -4.67. The summed E-state index contributed by atoms with van der Waals surface area (Å²) in [5.41, 5.74) is 0. The number of allylic oxidation sites excluding steroid dienone is 8. The third-order valence-electron chi connectivity index (χ3n) is 1.17. The van der Waals surface area contributed by atoms with E-state index in [-0.39, 0.29) is 17.1 Å². The van der Waals surface area contributed by atoms with Gasteiger partial charge in [0.15, 0.2) is 0 Å².